The summed E-state index contributed by atoms with van der Waals surface area (Å²) >= 11 is 5.91. The Balaban J connectivity index is 1.73. The van der Waals surface area contributed by atoms with Crippen LogP contribution >= 0.6 is 11.6 Å². The zero-order chi connectivity index (χ0) is 14.9. The lowest BCUT2D eigenvalue weighted by molar-refractivity contribution is 0.310. The Kier molecular flexibility index (Phi) is 3.24. The third-order valence-corrected chi connectivity index (χ3v) is 4.05. The van der Waals surface area contributed by atoms with E-state index < -0.39 is 0 Å². The number of para-hydroxylation sites is 1. The van der Waals surface area contributed by atoms with E-state index in [9.17, 15) is 0 Å². The maximum atomic E-state index is 6.05. The number of nitrogens with one attached hydrogen (secondary N) is 1. The number of H-pyrrole nitrogens is 1. The molecule has 0 fully saturated rings. The number of aromatic amines is 1. The fourth-order valence-corrected chi connectivity index (χ4v) is 2.86. The van der Waals surface area contributed by atoms with Crippen molar-refractivity contribution in [1.29, 1.82) is 0 Å². The molecule has 1 heterocycles. The molecule has 0 saturated heterocycles. The highest BCUT2D eigenvalue weighted by atomic mass is 35.5. The topological polar surface area (TPSA) is 25.0 Å². The SMILES string of the molecule is Clc1ccc(COc2cccc3[nH]c4ccccc4c23)cc1. The monoisotopic (exact) mass is 307 g/mol. The van der Waals surface area contributed by atoms with Crippen molar-refractivity contribution in [3.05, 3.63) is 77.3 Å². The molecular weight excluding hydrogens is 294 g/mol. The molecule has 4 rings (SSSR count). The van der Waals surface area contributed by atoms with E-state index in [0.29, 0.717) is 6.61 Å². The summed E-state index contributed by atoms with van der Waals surface area (Å²) in [7, 11) is 0. The molecule has 0 aliphatic carbocycles. The van der Waals surface area contributed by atoms with Crippen molar-refractivity contribution in [2.75, 3.05) is 0 Å². The van der Waals surface area contributed by atoms with Crippen molar-refractivity contribution >= 4 is 33.4 Å². The Morgan fingerprint density at radius 1 is 0.818 bits per heavy atom. The van der Waals surface area contributed by atoms with Crippen LogP contribution in [0.15, 0.2) is 66.7 Å². The van der Waals surface area contributed by atoms with Crippen LogP contribution in [0.5, 0.6) is 5.75 Å². The van der Waals surface area contributed by atoms with Crippen LogP contribution in [-0.4, -0.2) is 4.98 Å². The molecule has 0 unspecified atom stereocenters. The number of rotatable bonds is 3. The molecule has 0 amide bonds. The van der Waals surface area contributed by atoms with Crippen molar-refractivity contribution < 1.29 is 4.74 Å². The first-order valence-corrected chi connectivity index (χ1v) is 7.56. The van der Waals surface area contributed by atoms with Gasteiger partial charge in [0.2, 0.25) is 0 Å². The summed E-state index contributed by atoms with van der Waals surface area (Å²) in [6.07, 6.45) is 0. The molecule has 22 heavy (non-hydrogen) atoms. The highest BCUT2D eigenvalue weighted by Crippen LogP contribution is 2.33. The molecule has 0 aliphatic heterocycles. The molecule has 0 atom stereocenters. The van der Waals surface area contributed by atoms with E-state index in [2.05, 4.69) is 23.2 Å². The lowest BCUT2D eigenvalue weighted by Gasteiger charge is -2.08. The Morgan fingerprint density at radius 3 is 2.45 bits per heavy atom. The first-order valence-electron chi connectivity index (χ1n) is 7.18. The Morgan fingerprint density at radius 2 is 1.59 bits per heavy atom. The first-order chi connectivity index (χ1) is 10.8. The van der Waals surface area contributed by atoms with Crippen LogP contribution < -0.4 is 4.74 Å². The van der Waals surface area contributed by atoms with Gasteiger partial charge in [-0.2, -0.15) is 0 Å². The van der Waals surface area contributed by atoms with Gasteiger partial charge in [0.15, 0.2) is 0 Å². The highest BCUT2D eigenvalue weighted by Gasteiger charge is 2.09. The molecule has 0 radical (unpaired) electrons. The van der Waals surface area contributed by atoms with E-state index in [1.165, 1.54) is 5.39 Å². The van der Waals surface area contributed by atoms with Gasteiger partial charge in [0.25, 0.3) is 0 Å². The second-order valence-corrected chi connectivity index (χ2v) is 5.70. The van der Waals surface area contributed by atoms with E-state index in [4.69, 9.17) is 16.3 Å². The molecule has 0 spiro atoms. The van der Waals surface area contributed by atoms with Crippen LogP contribution in [-0.2, 0) is 6.61 Å². The Labute approximate surface area is 133 Å². The second kappa shape index (κ2) is 5.39. The van der Waals surface area contributed by atoms with E-state index in [1.807, 2.05) is 48.5 Å². The fraction of sp³-hybridized carbons (Fsp3) is 0.0526. The van der Waals surface area contributed by atoms with Gasteiger partial charge in [-0.1, -0.05) is 48.0 Å². The second-order valence-electron chi connectivity index (χ2n) is 5.26. The van der Waals surface area contributed by atoms with Crippen LogP contribution in [0.25, 0.3) is 21.8 Å². The maximum Gasteiger partial charge on any atom is 0.129 e. The normalized spacial score (nSPS) is 11.1. The number of benzene rings is 3. The summed E-state index contributed by atoms with van der Waals surface area (Å²) in [6.45, 7) is 0.524. The molecule has 0 saturated carbocycles. The number of fused-ring (bicyclic) bond motifs is 3. The average molecular weight is 308 g/mol. The molecule has 108 valence electrons. The molecule has 0 bridgehead atoms. The predicted molar refractivity (Wildman–Crippen MR) is 91.6 cm³/mol. The molecule has 0 aliphatic rings. The van der Waals surface area contributed by atoms with Crippen molar-refractivity contribution in [2.24, 2.45) is 0 Å². The molecule has 1 N–H and O–H groups in total. The zero-order valence-corrected chi connectivity index (χ0v) is 12.6. The van der Waals surface area contributed by atoms with Crippen molar-refractivity contribution in [3.8, 4) is 5.75 Å². The average Bonchev–Trinajstić information content (AvgIpc) is 2.93. The van der Waals surface area contributed by atoms with Gasteiger partial charge in [-0.05, 0) is 35.9 Å². The van der Waals surface area contributed by atoms with Crippen LogP contribution in [0.4, 0.5) is 0 Å². The number of hydrogen-bond donors (Lipinski definition) is 1. The van der Waals surface area contributed by atoms with Crippen LogP contribution in [0.2, 0.25) is 5.02 Å². The molecule has 2 nitrogen and oxygen atoms in total. The van der Waals surface area contributed by atoms with Crippen LogP contribution in [0, 0.1) is 0 Å². The van der Waals surface area contributed by atoms with Crippen molar-refractivity contribution in [3.63, 3.8) is 0 Å². The van der Waals surface area contributed by atoms with Gasteiger partial charge in [0.1, 0.15) is 12.4 Å². The fourth-order valence-electron chi connectivity index (χ4n) is 2.73. The standard InChI is InChI=1S/C19H14ClNO/c20-14-10-8-13(9-11-14)12-22-18-7-3-6-17-19(18)15-4-1-2-5-16(15)21-17/h1-11,21H,12H2. The minimum Gasteiger partial charge on any atom is -0.488 e. The van der Waals surface area contributed by atoms with Gasteiger partial charge in [0.05, 0.1) is 5.52 Å². The number of ether oxygens (including phenoxy) is 1. The summed E-state index contributed by atoms with van der Waals surface area (Å²) in [5.74, 6) is 0.893. The van der Waals surface area contributed by atoms with Crippen molar-refractivity contribution in [1.82, 2.24) is 4.98 Å². The first kappa shape index (κ1) is 13.2. The summed E-state index contributed by atoms with van der Waals surface area (Å²) < 4.78 is 6.05. The van der Waals surface area contributed by atoms with Gasteiger partial charge in [-0.25, -0.2) is 0 Å². The minimum absolute atomic E-state index is 0.524. The van der Waals surface area contributed by atoms with Crippen molar-refractivity contribution in [2.45, 2.75) is 6.61 Å². The largest absolute Gasteiger partial charge is 0.488 e. The van der Waals surface area contributed by atoms with Gasteiger partial charge in [-0.15, -0.1) is 0 Å². The van der Waals surface area contributed by atoms with E-state index >= 15 is 0 Å². The Bertz CT molecular complexity index is 941. The smallest absolute Gasteiger partial charge is 0.129 e. The zero-order valence-electron chi connectivity index (χ0n) is 11.8. The molecule has 1 aromatic heterocycles. The van der Waals surface area contributed by atoms with Gasteiger partial charge >= 0.3 is 0 Å². The highest BCUT2D eigenvalue weighted by molar-refractivity contribution is 6.30. The number of aromatic nitrogens is 1. The quantitative estimate of drug-likeness (QED) is 0.527. The van der Waals surface area contributed by atoms with E-state index in [0.717, 1.165) is 32.8 Å². The molecule has 3 heteroatoms. The summed E-state index contributed by atoms with van der Waals surface area (Å²) in [5.41, 5.74) is 3.32. The summed E-state index contributed by atoms with van der Waals surface area (Å²) in [6, 6.07) is 22.1. The predicted octanol–water partition coefficient (Wildman–Crippen LogP) is 5.55. The third kappa shape index (κ3) is 2.32. The minimum atomic E-state index is 0.524. The summed E-state index contributed by atoms with van der Waals surface area (Å²) in [5, 5.41) is 3.05. The Hall–Kier alpha value is -2.45. The van der Waals surface area contributed by atoms with Gasteiger partial charge in [0, 0.05) is 21.3 Å². The summed E-state index contributed by atoms with van der Waals surface area (Å²) in [4.78, 5) is 3.43. The molecule has 3 aromatic carbocycles. The van der Waals surface area contributed by atoms with Crippen LogP contribution in [0.1, 0.15) is 5.56 Å². The molecular formula is C19H14ClNO. The lowest BCUT2D eigenvalue weighted by atomic mass is 10.1. The van der Waals surface area contributed by atoms with E-state index in [1.54, 1.807) is 0 Å². The van der Waals surface area contributed by atoms with Gasteiger partial charge in [-0.3, -0.25) is 0 Å². The third-order valence-electron chi connectivity index (χ3n) is 3.80. The van der Waals surface area contributed by atoms with E-state index in [-0.39, 0.29) is 0 Å². The number of hydrogen-bond acceptors (Lipinski definition) is 1. The lowest BCUT2D eigenvalue weighted by Crippen LogP contribution is -1.95. The van der Waals surface area contributed by atoms with Gasteiger partial charge < -0.3 is 9.72 Å². The van der Waals surface area contributed by atoms with Crippen LogP contribution in [0.3, 0.4) is 0 Å². The number of halogens is 1. The molecule has 4 aromatic rings. The maximum absolute atomic E-state index is 6.05.